The minimum absolute atomic E-state index is 0.763. The molecule has 2 N–H and O–H groups in total. The Bertz CT molecular complexity index is 305. The lowest BCUT2D eigenvalue weighted by molar-refractivity contribution is 0.393. The summed E-state index contributed by atoms with van der Waals surface area (Å²) < 4.78 is 0. The Hall–Kier alpha value is -1.09. The van der Waals surface area contributed by atoms with Gasteiger partial charge in [-0.3, -0.25) is 4.98 Å². The molecule has 2 rings (SSSR count). The van der Waals surface area contributed by atoms with E-state index in [1.54, 1.807) is 0 Å². The summed E-state index contributed by atoms with van der Waals surface area (Å²) in [5.41, 5.74) is 2.35. The Morgan fingerprint density at radius 1 is 1.53 bits per heavy atom. The number of piperidine rings is 1. The summed E-state index contributed by atoms with van der Waals surface area (Å²) in [6.45, 7) is 5.45. The molecule has 1 aliphatic heterocycles. The lowest BCUT2D eigenvalue weighted by Gasteiger charge is -2.23. The lowest BCUT2D eigenvalue weighted by atomic mass is 10.00. The zero-order valence-electron chi connectivity index (χ0n) is 9.29. The van der Waals surface area contributed by atoms with Crippen molar-refractivity contribution in [3.63, 3.8) is 0 Å². The van der Waals surface area contributed by atoms with Crippen molar-refractivity contribution in [2.75, 3.05) is 25.0 Å². The molecule has 0 aliphatic carbocycles. The van der Waals surface area contributed by atoms with Gasteiger partial charge in [0.05, 0.1) is 5.69 Å². The van der Waals surface area contributed by atoms with Gasteiger partial charge in [0.15, 0.2) is 0 Å². The van der Waals surface area contributed by atoms with E-state index in [0.29, 0.717) is 0 Å². The zero-order chi connectivity index (χ0) is 10.5. The van der Waals surface area contributed by atoms with Crippen molar-refractivity contribution in [2.45, 2.75) is 19.8 Å². The molecule has 0 spiro atoms. The molecule has 1 saturated heterocycles. The topological polar surface area (TPSA) is 37.0 Å². The fourth-order valence-electron chi connectivity index (χ4n) is 2.01. The van der Waals surface area contributed by atoms with Crippen molar-refractivity contribution in [2.24, 2.45) is 5.92 Å². The van der Waals surface area contributed by atoms with Crippen LogP contribution in [-0.2, 0) is 0 Å². The number of aromatic nitrogens is 1. The highest BCUT2D eigenvalue weighted by Gasteiger charge is 2.12. The monoisotopic (exact) mass is 205 g/mol. The first-order valence-electron chi connectivity index (χ1n) is 5.71. The largest absolute Gasteiger partial charge is 0.383 e. The van der Waals surface area contributed by atoms with Gasteiger partial charge in [-0.15, -0.1) is 0 Å². The fourth-order valence-corrected chi connectivity index (χ4v) is 2.01. The highest BCUT2D eigenvalue weighted by Crippen LogP contribution is 2.12. The quantitative estimate of drug-likeness (QED) is 0.790. The molecule has 0 radical (unpaired) electrons. The van der Waals surface area contributed by atoms with Gasteiger partial charge in [0.1, 0.15) is 0 Å². The molecule has 1 fully saturated rings. The Morgan fingerprint density at radius 2 is 2.47 bits per heavy atom. The number of pyridine rings is 1. The molecule has 15 heavy (non-hydrogen) atoms. The number of anilines is 1. The van der Waals surface area contributed by atoms with E-state index in [0.717, 1.165) is 24.7 Å². The maximum Gasteiger partial charge on any atom is 0.0529 e. The van der Waals surface area contributed by atoms with Crippen LogP contribution in [0.15, 0.2) is 18.5 Å². The van der Waals surface area contributed by atoms with Crippen LogP contribution in [0.2, 0.25) is 0 Å². The van der Waals surface area contributed by atoms with Crippen molar-refractivity contribution in [3.05, 3.63) is 24.0 Å². The van der Waals surface area contributed by atoms with Crippen LogP contribution in [0.5, 0.6) is 0 Å². The summed E-state index contributed by atoms with van der Waals surface area (Å²) in [5, 5.41) is 6.88. The van der Waals surface area contributed by atoms with Crippen LogP contribution < -0.4 is 10.6 Å². The van der Waals surface area contributed by atoms with Gasteiger partial charge in [0.2, 0.25) is 0 Å². The number of aryl methyl sites for hydroxylation is 1. The molecule has 1 unspecified atom stereocenters. The Kier molecular flexibility index (Phi) is 3.56. The average molecular weight is 205 g/mol. The molecule has 1 aromatic heterocycles. The first-order valence-corrected chi connectivity index (χ1v) is 5.71. The van der Waals surface area contributed by atoms with Gasteiger partial charge in [-0.2, -0.15) is 0 Å². The number of nitrogens with one attached hydrogen (secondary N) is 2. The van der Waals surface area contributed by atoms with Crippen LogP contribution in [0.4, 0.5) is 5.69 Å². The highest BCUT2D eigenvalue weighted by molar-refractivity contribution is 5.42. The third-order valence-electron chi connectivity index (χ3n) is 2.87. The van der Waals surface area contributed by atoms with Crippen LogP contribution in [-0.4, -0.2) is 24.6 Å². The first kappa shape index (κ1) is 10.4. The van der Waals surface area contributed by atoms with Crippen molar-refractivity contribution in [3.8, 4) is 0 Å². The van der Waals surface area contributed by atoms with Gasteiger partial charge < -0.3 is 10.6 Å². The molecule has 0 bridgehead atoms. The SMILES string of the molecule is Cc1cncc(NCC2CCCNC2)c1. The zero-order valence-corrected chi connectivity index (χ0v) is 9.29. The molecule has 0 aromatic carbocycles. The van der Waals surface area contributed by atoms with Gasteiger partial charge in [0.25, 0.3) is 0 Å². The molecule has 3 heteroatoms. The summed E-state index contributed by atoms with van der Waals surface area (Å²) in [6.07, 6.45) is 6.41. The molecule has 1 aliphatic rings. The van der Waals surface area contributed by atoms with Crippen LogP contribution in [0.25, 0.3) is 0 Å². The van der Waals surface area contributed by atoms with E-state index in [9.17, 15) is 0 Å². The molecule has 1 aromatic rings. The maximum atomic E-state index is 4.17. The van der Waals surface area contributed by atoms with Crippen LogP contribution in [0, 0.1) is 12.8 Å². The molecule has 1 atom stereocenters. The predicted molar refractivity (Wildman–Crippen MR) is 63.1 cm³/mol. The van der Waals surface area contributed by atoms with E-state index in [4.69, 9.17) is 0 Å². The van der Waals surface area contributed by atoms with Gasteiger partial charge in [-0.25, -0.2) is 0 Å². The van der Waals surface area contributed by atoms with Crippen molar-refractivity contribution < 1.29 is 0 Å². The molecular weight excluding hydrogens is 186 g/mol. The van der Waals surface area contributed by atoms with E-state index in [-0.39, 0.29) is 0 Å². The van der Waals surface area contributed by atoms with Gasteiger partial charge in [-0.1, -0.05) is 0 Å². The summed E-state index contributed by atoms with van der Waals surface area (Å²) in [6, 6.07) is 2.14. The van der Waals surface area contributed by atoms with Crippen molar-refractivity contribution in [1.29, 1.82) is 0 Å². The number of hydrogen-bond donors (Lipinski definition) is 2. The summed E-state index contributed by atoms with van der Waals surface area (Å²) in [5.74, 6) is 0.763. The molecule has 3 nitrogen and oxygen atoms in total. The van der Waals surface area contributed by atoms with Crippen LogP contribution in [0.3, 0.4) is 0 Å². The van der Waals surface area contributed by atoms with E-state index in [1.165, 1.54) is 24.9 Å². The Labute approximate surface area is 91.3 Å². The molecular formula is C12H19N3. The van der Waals surface area contributed by atoms with Crippen molar-refractivity contribution in [1.82, 2.24) is 10.3 Å². The third kappa shape index (κ3) is 3.20. The summed E-state index contributed by atoms with van der Waals surface area (Å²) in [7, 11) is 0. The number of rotatable bonds is 3. The standard InChI is InChI=1S/C12H19N3/c1-10-5-12(9-14-6-10)15-8-11-3-2-4-13-7-11/h5-6,9,11,13,15H,2-4,7-8H2,1H3. The molecule has 0 saturated carbocycles. The van der Waals surface area contributed by atoms with E-state index >= 15 is 0 Å². The molecule has 82 valence electrons. The van der Waals surface area contributed by atoms with E-state index < -0.39 is 0 Å². The summed E-state index contributed by atoms with van der Waals surface area (Å²) in [4.78, 5) is 4.17. The van der Waals surface area contributed by atoms with Gasteiger partial charge in [0, 0.05) is 18.9 Å². The Balaban J connectivity index is 1.81. The third-order valence-corrected chi connectivity index (χ3v) is 2.87. The number of hydrogen-bond acceptors (Lipinski definition) is 3. The van der Waals surface area contributed by atoms with Gasteiger partial charge in [-0.05, 0) is 50.4 Å². The van der Waals surface area contributed by atoms with Crippen molar-refractivity contribution >= 4 is 5.69 Å². The average Bonchev–Trinajstić information content (AvgIpc) is 2.28. The highest BCUT2D eigenvalue weighted by atomic mass is 14.9. The molecule has 0 amide bonds. The fraction of sp³-hybridized carbons (Fsp3) is 0.583. The van der Waals surface area contributed by atoms with Crippen LogP contribution in [0.1, 0.15) is 18.4 Å². The predicted octanol–water partition coefficient (Wildman–Crippen LogP) is 1.80. The second-order valence-corrected chi connectivity index (χ2v) is 4.34. The van der Waals surface area contributed by atoms with E-state index in [1.807, 2.05) is 12.4 Å². The second-order valence-electron chi connectivity index (χ2n) is 4.34. The lowest BCUT2D eigenvalue weighted by Crippen LogP contribution is -2.33. The first-order chi connectivity index (χ1) is 7.34. The van der Waals surface area contributed by atoms with Crippen LogP contribution >= 0.6 is 0 Å². The van der Waals surface area contributed by atoms with E-state index in [2.05, 4.69) is 28.6 Å². The number of nitrogens with zero attached hydrogens (tertiary/aromatic N) is 1. The minimum Gasteiger partial charge on any atom is -0.383 e. The summed E-state index contributed by atoms with van der Waals surface area (Å²) >= 11 is 0. The second kappa shape index (κ2) is 5.12. The molecule has 2 heterocycles. The maximum absolute atomic E-state index is 4.17. The minimum atomic E-state index is 0.763. The smallest absolute Gasteiger partial charge is 0.0529 e. The Morgan fingerprint density at radius 3 is 3.20 bits per heavy atom. The normalized spacial score (nSPS) is 21.3. The van der Waals surface area contributed by atoms with Gasteiger partial charge >= 0.3 is 0 Å².